The van der Waals surface area contributed by atoms with E-state index in [4.69, 9.17) is 14.2 Å². The van der Waals surface area contributed by atoms with Crippen LogP contribution in [0.1, 0.15) is 336 Å². The molecule has 0 saturated carbocycles. The van der Waals surface area contributed by atoms with Crippen molar-refractivity contribution in [1.29, 1.82) is 0 Å². The summed E-state index contributed by atoms with van der Waals surface area (Å²) in [5.74, 6) is 0.0343. The van der Waals surface area contributed by atoms with E-state index in [1.165, 1.54) is 231 Å². The van der Waals surface area contributed by atoms with Gasteiger partial charge in [0.1, 0.15) is 13.2 Å². The van der Waals surface area contributed by atoms with Crippen LogP contribution in [0.25, 0.3) is 0 Å². The van der Waals surface area contributed by atoms with Crippen LogP contribution in [0.15, 0.2) is 0 Å². The molecule has 0 rings (SSSR count). The second-order valence-corrected chi connectivity index (χ2v) is 20.5. The third kappa shape index (κ3) is 51.6. The summed E-state index contributed by atoms with van der Waals surface area (Å²) < 4.78 is 16.9. The lowest BCUT2D eigenvalue weighted by molar-refractivity contribution is -0.167. The molecule has 0 aliphatic rings. The van der Waals surface area contributed by atoms with Crippen molar-refractivity contribution >= 4 is 17.9 Å². The fourth-order valence-electron chi connectivity index (χ4n) is 9.07. The molecule has 65 heavy (non-hydrogen) atoms. The zero-order valence-electron chi connectivity index (χ0n) is 44.5. The van der Waals surface area contributed by atoms with Gasteiger partial charge < -0.3 is 14.2 Å². The number of ether oxygens (including phenoxy) is 3. The van der Waals surface area contributed by atoms with Crippen LogP contribution < -0.4 is 0 Å². The lowest BCUT2D eigenvalue weighted by Crippen LogP contribution is -2.30. The third-order valence-electron chi connectivity index (χ3n) is 13.9. The molecule has 0 aliphatic heterocycles. The van der Waals surface area contributed by atoms with Gasteiger partial charge in [-0.15, -0.1) is 0 Å². The van der Waals surface area contributed by atoms with Gasteiger partial charge in [-0.3, -0.25) is 14.4 Å². The highest BCUT2D eigenvalue weighted by atomic mass is 16.6. The van der Waals surface area contributed by atoms with E-state index in [-0.39, 0.29) is 31.1 Å². The van der Waals surface area contributed by atoms with Gasteiger partial charge in [-0.25, -0.2) is 0 Å². The van der Waals surface area contributed by atoms with Crippen molar-refractivity contribution in [3.05, 3.63) is 0 Å². The van der Waals surface area contributed by atoms with E-state index in [0.717, 1.165) is 63.7 Å². The van der Waals surface area contributed by atoms with Crippen molar-refractivity contribution in [2.75, 3.05) is 13.2 Å². The van der Waals surface area contributed by atoms with E-state index in [1.807, 2.05) is 0 Å². The van der Waals surface area contributed by atoms with Crippen LogP contribution >= 0.6 is 0 Å². The number of hydrogen-bond donors (Lipinski definition) is 0. The zero-order valence-corrected chi connectivity index (χ0v) is 44.5. The van der Waals surface area contributed by atoms with E-state index in [1.54, 1.807) is 0 Å². The number of carbonyl (C=O) groups is 3. The van der Waals surface area contributed by atoms with Crippen molar-refractivity contribution in [2.24, 2.45) is 5.92 Å². The predicted octanol–water partition coefficient (Wildman–Crippen LogP) is 19.4. The van der Waals surface area contributed by atoms with E-state index in [0.29, 0.717) is 19.3 Å². The monoisotopic (exact) mass is 919 g/mol. The summed E-state index contributed by atoms with van der Waals surface area (Å²) in [4.78, 5) is 38.1. The average molecular weight is 920 g/mol. The maximum absolute atomic E-state index is 12.8. The minimum Gasteiger partial charge on any atom is -0.462 e. The zero-order chi connectivity index (χ0) is 47.4. The first kappa shape index (κ1) is 63.4. The molecular formula is C59H114O6. The summed E-state index contributed by atoms with van der Waals surface area (Å²) in [6.07, 6.45) is 58.0. The normalized spacial score (nSPS) is 12.4. The fourth-order valence-corrected chi connectivity index (χ4v) is 9.07. The molecule has 0 aromatic heterocycles. The highest BCUT2D eigenvalue weighted by molar-refractivity contribution is 5.71. The van der Waals surface area contributed by atoms with Gasteiger partial charge in [-0.1, -0.05) is 297 Å². The summed E-state index contributed by atoms with van der Waals surface area (Å²) in [7, 11) is 0. The van der Waals surface area contributed by atoms with Gasteiger partial charge in [0, 0.05) is 19.3 Å². The molecule has 2 atom stereocenters. The largest absolute Gasteiger partial charge is 0.462 e. The van der Waals surface area contributed by atoms with Crippen molar-refractivity contribution in [3.63, 3.8) is 0 Å². The Bertz CT molecular complexity index is 982. The third-order valence-corrected chi connectivity index (χ3v) is 13.9. The van der Waals surface area contributed by atoms with Crippen LogP contribution in [0.3, 0.4) is 0 Å². The van der Waals surface area contributed by atoms with E-state index < -0.39 is 6.10 Å². The number of rotatable bonds is 54. The molecule has 0 N–H and O–H groups in total. The first-order valence-corrected chi connectivity index (χ1v) is 29.4. The molecule has 0 aliphatic carbocycles. The molecule has 0 radical (unpaired) electrons. The number of esters is 3. The Morgan fingerprint density at radius 3 is 0.800 bits per heavy atom. The Morgan fingerprint density at radius 2 is 0.538 bits per heavy atom. The van der Waals surface area contributed by atoms with Gasteiger partial charge in [0.25, 0.3) is 0 Å². The summed E-state index contributed by atoms with van der Waals surface area (Å²) in [6, 6.07) is 0. The Labute approximate surface area is 406 Å². The number of unbranched alkanes of at least 4 members (excludes halogenated alkanes) is 40. The van der Waals surface area contributed by atoms with E-state index in [9.17, 15) is 14.4 Å². The van der Waals surface area contributed by atoms with Gasteiger partial charge in [0.15, 0.2) is 6.10 Å². The summed E-state index contributed by atoms with van der Waals surface area (Å²) in [6.45, 7) is 9.08. The molecule has 0 spiro atoms. The van der Waals surface area contributed by atoms with Gasteiger partial charge in [0.2, 0.25) is 0 Å². The molecule has 386 valence electrons. The molecule has 0 bridgehead atoms. The Kier molecular flexibility index (Phi) is 52.1. The van der Waals surface area contributed by atoms with Crippen LogP contribution in [-0.4, -0.2) is 37.2 Å². The minimum absolute atomic E-state index is 0.0619. The maximum atomic E-state index is 12.8. The van der Waals surface area contributed by atoms with Gasteiger partial charge >= 0.3 is 17.9 Å². The Balaban J connectivity index is 4.27. The van der Waals surface area contributed by atoms with Gasteiger partial charge in [-0.05, 0) is 25.2 Å². The van der Waals surface area contributed by atoms with Crippen LogP contribution in [-0.2, 0) is 28.6 Å². The highest BCUT2D eigenvalue weighted by Crippen LogP contribution is 2.18. The molecule has 0 aromatic carbocycles. The Morgan fingerprint density at radius 1 is 0.308 bits per heavy atom. The SMILES string of the molecule is CCCCCCCCCCCCCCCCCCCCCC(=O)OC[C@@H](COC(=O)CCCCCCCCCCCCC(C)CC)OC(=O)CCCCCCCCCCCCCCCC. The second kappa shape index (κ2) is 53.4. The van der Waals surface area contributed by atoms with Crippen molar-refractivity contribution in [1.82, 2.24) is 0 Å². The molecule has 0 fully saturated rings. The molecule has 6 heteroatoms. The molecule has 0 amide bonds. The van der Waals surface area contributed by atoms with Crippen LogP contribution in [0.5, 0.6) is 0 Å². The highest BCUT2D eigenvalue weighted by Gasteiger charge is 2.19. The second-order valence-electron chi connectivity index (χ2n) is 20.5. The van der Waals surface area contributed by atoms with E-state index in [2.05, 4.69) is 27.7 Å². The predicted molar refractivity (Wildman–Crippen MR) is 280 cm³/mol. The lowest BCUT2D eigenvalue weighted by Gasteiger charge is -2.18. The standard InChI is InChI=1S/C59H114O6/c1-5-8-10-12-14-16-18-20-22-23-24-25-26-28-29-34-38-42-46-50-57(60)63-53-56(65-59(62)52-48-44-40-36-30-27-21-19-17-15-13-11-9-6-2)54-64-58(61)51-47-43-39-35-32-31-33-37-41-45-49-55(4)7-3/h55-56H,5-54H2,1-4H3/t55?,56-/m0/s1. The molecular weight excluding hydrogens is 805 g/mol. The molecule has 0 heterocycles. The topological polar surface area (TPSA) is 78.9 Å². The van der Waals surface area contributed by atoms with Crippen molar-refractivity contribution in [2.45, 2.75) is 342 Å². The molecule has 6 nitrogen and oxygen atoms in total. The first-order chi connectivity index (χ1) is 31.9. The summed E-state index contributed by atoms with van der Waals surface area (Å²) in [5.41, 5.74) is 0. The quantitative estimate of drug-likeness (QED) is 0.0344. The van der Waals surface area contributed by atoms with Gasteiger partial charge in [-0.2, -0.15) is 0 Å². The molecule has 0 aromatic rings. The maximum Gasteiger partial charge on any atom is 0.306 e. The van der Waals surface area contributed by atoms with E-state index >= 15 is 0 Å². The fraction of sp³-hybridized carbons (Fsp3) is 0.949. The van der Waals surface area contributed by atoms with Crippen LogP contribution in [0.2, 0.25) is 0 Å². The van der Waals surface area contributed by atoms with Crippen molar-refractivity contribution < 1.29 is 28.6 Å². The summed E-state index contributed by atoms with van der Waals surface area (Å²) >= 11 is 0. The van der Waals surface area contributed by atoms with Crippen LogP contribution in [0.4, 0.5) is 0 Å². The van der Waals surface area contributed by atoms with Crippen LogP contribution in [0, 0.1) is 5.92 Å². The van der Waals surface area contributed by atoms with Crippen molar-refractivity contribution in [3.8, 4) is 0 Å². The molecule has 0 saturated heterocycles. The van der Waals surface area contributed by atoms with Gasteiger partial charge in [0.05, 0.1) is 0 Å². The average Bonchev–Trinajstić information content (AvgIpc) is 3.30. The Hall–Kier alpha value is -1.59. The first-order valence-electron chi connectivity index (χ1n) is 29.4. The lowest BCUT2D eigenvalue weighted by atomic mass is 9.99. The minimum atomic E-state index is -0.762. The number of carbonyl (C=O) groups excluding carboxylic acids is 3. The number of hydrogen-bond acceptors (Lipinski definition) is 6. The molecule has 1 unspecified atom stereocenters. The smallest absolute Gasteiger partial charge is 0.306 e. The summed E-state index contributed by atoms with van der Waals surface area (Å²) in [5, 5.41) is 0.